The minimum atomic E-state index is -1.30. The van der Waals surface area contributed by atoms with Gasteiger partial charge < -0.3 is 35.2 Å². The van der Waals surface area contributed by atoms with Crippen LogP contribution in [0.4, 0.5) is 0 Å². The molecule has 2 aromatic rings. The molecule has 2 aromatic carbocycles. The van der Waals surface area contributed by atoms with E-state index in [1.807, 2.05) is 47.6 Å². The number of allylic oxidation sites excluding steroid dienone is 2. The van der Waals surface area contributed by atoms with Gasteiger partial charge in [-0.15, -0.1) is 0 Å². The monoisotopic (exact) mass is 1050 g/mol. The van der Waals surface area contributed by atoms with Crippen molar-refractivity contribution in [2.45, 2.75) is 170 Å². The maximum absolute atomic E-state index is 14.9. The Labute approximate surface area is 443 Å². The summed E-state index contributed by atoms with van der Waals surface area (Å²) in [6, 6.07) is 8.55. The van der Waals surface area contributed by atoms with Crippen molar-refractivity contribution in [3.05, 3.63) is 93.5 Å². The van der Waals surface area contributed by atoms with Gasteiger partial charge in [-0.3, -0.25) is 33.6 Å². The molecule has 0 saturated heterocycles. The molecule has 16 nitrogen and oxygen atoms in total. The Morgan fingerprint density at radius 3 is 2.05 bits per heavy atom. The number of ketones is 2. The first-order valence-corrected chi connectivity index (χ1v) is 26.3. The van der Waals surface area contributed by atoms with Gasteiger partial charge in [0.1, 0.15) is 30.3 Å². The molecule has 74 heavy (non-hydrogen) atoms. The molecule has 1 aliphatic rings. The van der Waals surface area contributed by atoms with Crippen molar-refractivity contribution in [1.82, 2.24) is 25.8 Å². The lowest BCUT2D eigenvalue weighted by atomic mass is 9.93. The van der Waals surface area contributed by atoms with Gasteiger partial charge in [-0.2, -0.15) is 0 Å². The van der Waals surface area contributed by atoms with Crippen molar-refractivity contribution in [3.8, 4) is 0 Å². The number of unbranched alkanes of at least 4 members (excludes halogenated alkanes) is 2. The highest BCUT2D eigenvalue weighted by atomic mass is 35.5. The van der Waals surface area contributed by atoms with Crippen LogP contribution >= 0.6 is 11.6 Å². The quantitative estimate of drug-likeness (QED) is 0.0674. The van der Waals surface area contributed by atoms with Gasteiger partial charge in [-0.1, -0.05) is 114 Å². The molecule has 0 bridgehead atoms. The van der Waals surface area contributed by atoms with Crippen LogP contribution in [0.15, 0.2) is 71.8 Å². The summed E-state index contributed by atoms with van der Waals surface area (Å²) in [4.78, 5) is 126. The molecule has 1 aliphatic heterocycles. The normalized spacial score (nSPS) is 24.2. The second-order valence-corrected chi connectivity index (χ2v) is 20.7. The van der Waals surface area contributed by atoms with Crippen molar-refractivity contribution < 1.29 is 52.6 Å². The molecule has 0 aromatic heterocycles. The maximum atomic E-state index is 14.9. The lowest BCUT2D eigenvalue weighted by Gasteiger charge is -2.34. The molecule has 0 spiro atoms. The second kappa shape index (κ2) is 30.3. The summed E-state index contributed by atoms with van der Waals surface area (Å²) < 4.78 is 11.9. The minimum Gasteiger partial charge on any atom is -0.456 e. The summed E-state index contributed by atoms with van der Waals surface area (Å²) in [5, 5.41) is 8.79. The van der Waals surface area contributed by atoms with Gasteiger partial charge in [-0.05, 0) is 108 Å². The average Bonchev–Trinajstić information content (AvgIpc) is 3.36. The Bertz CT molecular complexity index is 2350. The van der Waals surface area contributed by atoms with Crippen LogP contribution in [0, 0.1) is 17.8 Å². The highest BCUT2D eigenvalue weighted by Crippen LogP contribution is 2.24. The molecule has 0 fully saturated rings. The number of halogens is 1. The fraction of sp³-hybridized carbons (Fsp3) is 0.561. The van der Waals surface area contributed by atoms with E-state index in [4.69, 9.17) is 21.1 Å². The molecule has 0 radical (unpaired) electrons. The summed E-state index contributed by atoms with van der Waals surface area (Å²) in [5.74, 6) is -5.60. The number of ether oxygens (including phenoxy) is 2. The number of carbonyl (C=O) groups is 9. The number of Topliss-reactive ketones (excluding diaryl/α,β-unsaturated/α-hetero) is 2. The van der Waals surface area contributed by atoms with E-state index in [0.29, 0.717) is 60.2 Å². The van der Waals surface area contributed by atoms with E-state index in [1.165, 1.54) is 32.8 Å². The lowest BCUT2D eigenvalue weighted by Crippen LogP contribution is -2.58. The zero-order valence-electron chi connectivity index (χ0n) is 45.5. The fourth-order valence-corrected chi connectivity index (χ4v) is 8.66. The Hall–Kier alpha value is -6.16. The predicted octanol–water partition coefficient (Wildman–Crippen LogP) is 7.94. The Kier molecular flexibility index (Phi) is 25.4. The summed E-state index contributed by atoms with van der Waals surface area (Å²) >= 11 is 6.22. The van der Waals surface area contributed by atoms with E-state index in [1.54, 1.807) is 68.5 Å². The minimum absolute atomic E-state index is 0.0152. The topological polar surface area (TPSA) is 215 Å². The molecular formula is C57H80ClN5O11. The number of hydrogen-bond acceptors (Lipinski definition) is 11. The third kappa shape index (κ3) is 19.3. The summed E-state index contributed by atoms with van der Waals surface area (Å²) in [6.07, 6.45) is 4.68. The van der Waals surface area contributed by atoms with Crippen LogP contribution < -0.4 is 16.0 Å². The molecule has 3 rings (SSSR count). The Morgan fingerprint density at radius 1 is 0.824 bits per heavy atom. The number of carbonyl (C=O) groups excluding carboxylic acids is 9. The molecule has 1 heterocycles. The smallest absolute Gasteiger partial charge is 0.334 e. The van der Waals surface area contributed by atoms with Crippen LogP contribution in [0.25, 0.3) is 0 Å². The van der Waals surface area contributed by atoms with E-state index in [2.05, 4.69) is 16.0 Å². The number of cyclic esters (lactones) is 2. The van der Waals surface area contributed by atoms with E-state index in [9.17, 15) is 43.2 Å². The van der Waals surface area contributed by atoms with Gasteiger partial charge in [0.05, 0.1) is 6.54 Å². The Balaban J connectivity index is 2.09. The number of nitrogens with zero attached hydrogens (tertiary/aromatic N) is 2. The van der Waals surface area contributed by atoms with Crippen LogP contribution in [0.3, 0.4) is 0 Å². The summed E-state index contributed by atoms with van der Waals surface area (Å²) in [6.45, 7) is 17.0. The van der Waals surface area contributed by atoms with Gasteiger partial charge in [0.2, 0.25) is 23.6 Å². The first-order valence-electron chi connectivity index (χ1n) is 25.9. The second-order valence-electron chi connectivity index (χ2n) is 20.2. The number of rotatable bonds is 15. The number of hydrogen-bond donors (Lipinski definition) is 3. The van der Waals surface area contributed by atoms with Gasteiger partial charge in [0.15, 0.2) is 17.7 Å². The molecule has 0 unspecified atom stereocenters. The van der Waals surface area contributed by atoms with Crippen LogP contribution in [0.1, 0.15) is 153 Å². The lowest BCUT2D eigenvalue weighted by molar-refractivity contribution is -0.154. The van der Waals surface area contributed by atoms with Crippen LogP contribution in [0.2, 0.25) is 5.02 Å². The highest BCUT2D eigenvalue weighted by molar-refractivity contribution is 6.30. The predicted molar refractivity (Wildman–Crippen MR) is 285 cm³/mol. The van der Waals surface area contributed by atoms with E-state index in [-0.39, 0.29) is 60.6 Å². The van der Waals surface area contributed by atoms with Gasteiger partial charge >= 0.3 is 11.9 Å². The number of benzene rings is 2. The highest BCUT2D eigenvalue weighted by Gasteiger charge is 2.37. The summed E-state index contributed by atoms with van der Waals surface area (Å²) in [5.41, 5.74) is 2.64. The van der Waals surface area contributed by atoms with Crippen LogP contribution in [-0.4, -0.2) is 120 Å². The third-order valence-electron chi connectivity index (χ3n) is 13.6. The number of likely N-dealkylation sites (N-methyl/N-ethyl adjacent to an activating group) is 2. The zero-order valence-corrected chi connectivity index (χ0v) is 46.3. The van der Waals surface area contributed by atoms with Crippen molar-refractivity contribution in [2.75, 3.05) is 20.6 Å². The largest absolute Gasteiger partial charge is 0.456 e. The van der Waals surface area contributed by atoms with Gasteiger partial charge in [0, 0.05) is 48.7 Å². The molecule has 0 aliphatic carbocycles. The fourth-order valence-electron chi connectivity index (χ4n) is 8.54. The molecule has 0 saturated carbocycles. The molecule has 8 atom stereocenters. The maximum Gasteiger partial charge on any atom is 0.334 e. The number of amides is 5. The van der Waals surface area contributed by atoms with E-state index >= 15 is 0 Å². The number of nitrogens with one attached hydrogen (secondary N) is 3. The summed E-state index contributed by atoms with van der Waals surface area (Å²) in [7, 11) is 2.85. The molecular weight excluding hydrogens is 966 g/mol. The van der Waals surface area contributed by atoms with Gasteiger partial charge in [-0.25, -0.2) is 9.59 Å². The first-order chi connectivity index (χ1) is 34.9. The molecule has 17 heteroatoms. The van der Waals surface area contributed by atoms with Crippen molar-refractivity contribution >= 4 is 64.6 Å². The van der Waals surface area contributed by atoms with Crippen LogP contribution in [0.5, 0.6) is 0 Å². The number of esters is 2. The average molecular weight is 1050 g/mol. The van der Waals surface area contributed by atoms with Crippen molar-refractivity contribution in [3.63, 3.8) is 0 Å². The van der Waals surface area contributed by atoms with Crippen LogP contribution in [-0.2, 0) is 49.5 Å². The standard InChI is InChI=1S/C57H80ClN5O11/c1-13-35(5)50-53(68)59-39(9)57(72)74-51(36(6)14-2)37(7)19-18-20-38(8)56(71)73-48(31-34(3)4)52(67)60-45(21-16-15-17-22-47(65)43-27-25-42(26-28-43)40(10)64)54(69)63(12)46(32-41-23-29-44(58)30-24-41)55(70)62(11)33-49(66)61-50/h14,20,23-30,34-35,37,39,45-46,48,50-51H,13,15-19,21-22,31-33H2,1-12H3,(H,59,68)(H,60,67)(H,61,66)/b36-14+,38-20+/t35-,37+,39-,45+,46-,48-,50+,51-/m1/s1. The Morgan fingerprint density at radius 2 is 1.46 bits per heavy atom. The first kappa shape index (κ1) is 62.1. The SMILES string of the molecule is C/C=C(\C)[C@H]1OC(=O)[C@@H](C)NC(=O)[C@H]([C@H](C)CC)NC(=O)CN(C)C(=O)[C@@H](Cc2ccc(Cl)cc2)N(C)C(=O)[C@H](CCCCCC(=O)c2ccc(C(C)=O)cc2)NC(=O)[C@@H](CC(C)C)OC(=O)/C(C)=C/CC[C@@H]1C. The van der Waals surface area contributed by atoms with Crippen molar-refractivity contribution in [2.24, 2.45) is 17.8 Å². The third-order valence-corrected chi connectivity index (χ3v) is 13.9. The van der Waals surface area contributed by atoms with E-state index < -0.39 is 84.4 Å². The molecule has 3 N–H and O–H groups in total. The molecule has 5 amide bonds. The molecule has 406 valence electrons. The van der Waals surface area contributed by atoms with E-state index in [0.717, 1.165) is 10.5 Å². The van der Waals surface area contributed by atoms with Gasteiger partial charge in [0.25, 0.3) is 5.91 Å². The zero-order chi connectivity index (χ0) is 55.4. The van der Waals surface area contributed by atoms with Crippen molar-refractivity contribution in [1.29, 1.82) is 0 Å².